The summed E-state index contributed by atoms with van der Waals surface area (Å²) in [4.78, 5) is 34.6. The molecule has 0 aromatic heterocycles. The summed E-state index contributed by atoms with van der Waals surface area (Å²) in [6, 6.07) is 8.53. The summed E-state index contributed by atoms with van der Waals surface area (Å²) in [5.41, 5.74) is 0.0208. The van der Waals surface area contributed by atoms with Crippen molar-refractivity contribution in [3.63, 3.8) is 0 Å². The van der Waals surface area contributed by atoms with E-state index in [1.54, 1.807) is 6.07 Å². The molecule has 178 valence electrons. The molecule has 0 atom stereocenters. The monoisotopic (exact) mass is 460 g/mol. The first-order valence-corrected chi connectivity index (χ1v) is 10.5. The molecule has 2 aromatic carbocycles. The van der Waals surface area contributed by atoms with E-state index >= 15 is 0 Å². The predicted molar refractivity (Wildman–Crippen MR) is 118 cm³/mol. The summed E-state index contributed by atoms with van der Waals surface area (Å²) in [6.07, 6.45) is 2.03. The van der Waals surface area contributed by atoms with Crippen LogP contribution in [0.1, 0.15) is 48.5 Å². The fourth-order valence-corrected chi connectivity index (χ4v) is 2.86. The lowest BCUT2D eigenvalue weighted by Gasteiger charge is -2.11. The molecule has 0 amide bonds. The van der Waals surface area contributed by atoms with Crippen molar-refractivity contribution < 1.29 is 43.5 Å². The van der Waals surface area contributed by atoms with Gasteiger partial charge in [0.1, 0.15) is 23.0 Å². The van der Waals surface area contributed by atoms with Crippen molar-refractivity contribution in [2.45, 2.75) is 32.6 Å². The van der Waals surface area contributed by atoms with Crippen LogP contribution < -0.4 is 9.47 Å². The molecule has 2 N–H and O–H groups in total. The number of hydrogen-bond donors (Lipinski definition) is 2. The molecule has 0 fully saturated rings. The molecular weight excluding hydrogens is 432 g/mol. The standard InChI is InChI=1S/C24H28O9/c1-16(25)31-12-5-13-33-18-8-10-20(22(27)15-18)24(29)19-9-7-17(14-21(19)26)32-11-4-3-6-23(28)30-2/h7-10,14-15,26-27H,3-6,11-13H2,1-2H3. The van der Waals surface area contributed by atoms with E-state index < -0.39 is 5.78 Å². The lowest BCUT2D eigenvalue weighted by molar-refractivity contribution is -0.141. The van der Waals surface area contributed by atoms with Gasteiger partial charge in [-0.05, 0) is 37.1 Å². The molecule has 0 aliphatic carbocycles. The molecule has 0 unspecified atom stereocenters. The number of rotatable bonds is 13. The number of esters is 2. The molecule has 0 radical (unpaired) electrons. The third-order valence-electron chi connectivity index (χ3n) is 4.56. The first-order valence-electron chi connectivity index (χ1n) is 10.5. The quantitative estimate of drug-likeness (QED) is 0.262. The first kappa shape index (κ1) is 25.5. The number of hydrogen-bond acceptors (Lipinski definition) is 9. The van der Waals surface area contributed by atoms with E-state index in [1.165, 1.54) is 44.4 Å². The van der Waals surface area contributed by atoms with Gasteiger partial charge < -0.3 is 29.2 Å². The highest BCUT2D eigenvalue weighted by atomic mass is 16.5. The van der Waals surface area contributed by atoms with Gasteiger partial charge in [-0.2, -0.15) is 0 Å². The fraction of sp³-hybridized carbons (Fsp3) is 0.375. The number of benzene rings is 2. The summed E-state index contributed by atoms with van der Waals surface area (Å²) in [7, 11) is 1.34. The summed E-state index contributed by atoms with van der Waals surface area (Å²) >= 11 is 0. The molecule has 2 rings (SSSR count). The highest BCUT2D eigenvalue weighted by Gasteiger charge is 2.18. The predicted octanol–water partition coefficient (Wildman–Crippen LogP) is 3.38. The van der Waals surface area contributed by atoms with Crippen LogP contribution in [-0.2, 0) is 19.1 Å². The Morgan fingerprint density at radius 2 is 1.33 bits per heavy atom. The number of phenolic OH excluding ortho intramolecular Hbond substituents is 2. The highest BCUT2D eigenvalue weighted by Crippen LogP contribution is 2.30. The van der Waals surface area contributed by atoms with Crippen LogP contribution in [0.3, 0.4) is 0 Å². The molecule has 33 heavy (non-hydrogen) atoms. The van der Waals surface area contributed by atoms with Gasteiger partial charge in [-0.1, -0.05) is 0 Å². The minimum atomic E-state index is -0.559. The number of aromatic hydroxyl groups is 2. The van der Waals surface area contributed by atoms with Crippen molar-refractivity contribution in [1.29, 1.82) is 0 Å². The zero-order chi connectivity index (χ0) is 24.2. The van der Waals surface area contributed by atoms with Crippen LogP contribution in [0.15, 0.2) is 36.4 Å². The second-order valence-electron chi connectivity index (χ2n) is 7.11. The third-order valence-corrected chi connectivity index (χ3v) is 4.56. The van der Waals surface area contributed by atoms with Crippen LogP contribution in [0.4, 0.5) is 0 Å². The van der Waals surface area contributed by atoms with Crippen LogP contribution in [0.25, 0.3) is 0 Å². The van der Waals surface area contributed by atoms with Gasteiger partial charge in [-0.3, -0.25) is 14.4 Å². The van der Waals surface area contributed by atoms with Crippen molar-refractivity contribution in [3.05, 3.63) is 47.5 Å². The molecule has 0 bridgehead atoms. The molecule has 0 spiro atoms. The number of ether oxygens (including phenoxy) is 4. The van der Waals surface area contributed by atoms with E-state index in [4.69, 9.17) is 14.2 Å². The fourth-order valence-electron chi connectivity index (χ4n) is 2.86. The third kappa shape index (κ3) is 8.36. The minimum absolute atomic E-state index is 0.00837. The smallest absolute Gasteiger partial charge is 0.305 e. The van der Waals surface area contributed by atoms with Crippen molar-refractivity contribution in [1.82, 2.24) is 0 Å². The molecule has 0 aliphatic heterocycles. The van der Waals surface area contributed by atoms with E-state index in [0.29, 0.717) is 43.8 Å². The number of unbranched alkanes of at least 4 members (excludes halogenated alkanes) is 1. The lowest BCUT2D eigenvalue weighted by atomic mass is 10.0. The van der Waals surface area contributed by atoms with Crippen molar-refractivity contribution in [3.8, 4) is 23.0 Å². The second-order valence-corrected chi connectivity index (χ2v) is 7.11. The summed E-state index contributed by atoms with van der Waals surface area (Å²) in [5.74, 6) is -1.04. The molecule has 0 saturated carbocycles. The molecule has 0 aliphatic rings. The van der Waals surface area contributed by atoms with Crippen LogP contribution in [0, 0.1) is 0 Å². The zero-order valence-electron chi connectivity index (χ0n) is 18.7. The molecule has 0 heterocycles. The normalized spacial score (nSPS) is 10.4. The summed E-state index contributed by atoms with van der Waals surface area (Å²) in [5, 5.41) is 20.5. The van der Waals surface area contributed by atoms with Gasteiger partial charge in [0.25, 0.3) is 0 Å². The van der Waals surface area contributed by atoms with Crippen molar-refractivity contribution in [2.75, 3.05) is 26.9 Å². The average molecular weight is 460 g/mol. The maximum Gasteiger partial charge on any atom is 0.305 e. The number of carbonyl (C=O) groups is 3. The Morgan fingerprint density at radius 1 is 0.788 bits per heavy atom. The molecule has 9 heteroatoms. The summed E-state index contributed by atoms with van der Waals surface area (Å²) < 4.78 is 20.4. The highest BCUT2D eigenvalue weighted by molar-refractivity contribution is 6.12. The van der Waals surface area contributed by atoms with Crippen molar-refractivity contribution in [2.24, 2.45) is 0 Å². The SMILES string of the molecule is COC(=O)CCCCOc1ccc(C(=O)c2ccc(OCCCOC(C)=O)cc2O)c(O)c1. The van der Waals surface area contributed by atoms with Crippen LogP contribution >= 0.6 is 0 Å². The van der Waals surface area contributed by atoms with E-state index in [1.807, 2.05) is 0 Å². The van der Waals surface area contributed by atoms with Gasteiger partial charge in [-0.25, -0.2) is 0 Å². The Kier molecular flexibility index (Phi) is 10.0. The maximum absolute atomic E-state index is 12.8. The Hall–Kier alpha value is -3.75. The average Bonchev–Trinajstić information content (AvgIpc) is 2.78. The lowest BCUT2D eigenvalue weighted by Crippen LogP contribution is -2.06. The van der Waals surface area contributed by atoms with Crippen LogP contribution in [0.5, 0.6) is 23.0 Å². The van der Waals surface area contributed by atoms with Gasteiger partial charge in [0, 0.05) is 31.9 Å². The zero-order valence-corrected chi connectivity index (χ0v) is 18.7. The van der Waals surface area contributed by atoms with Crippen molar-refractivity contribution >= 4 is 17.7 Å². The molecule has 2 aromatic rings. The van der Waals surface area contributed by atoms with Gasteiger partial charge in [0.2, 0.25) is 0 Å². The van der Waals surface area contributed by atoms with Gasteiger partial charge in [0.15, 0.2) is 5.78 Å². The van der Waals surface area contributed by atoms with Gasteiger partial charge >= 0.3 is 11.9 Å². The van der Waals surface area contributed by atoms with E-state index in [-0.39, 0.29) is 47.8 Å². The Morgan fingerprint density at radius 3 is 1.82 bits per heavy atom. The number of methoxy groups -OCH3 is 1. The van der Waals surface area contributed by atoms with E-state index in [0.717, 1.165) is 0 Å². The van der Waals surface area contributed by atoms with Gasteiger partial charge in [-0.15, -0.1) is 0 Å². The Labute approximate surface area is 191 Å². The molecular formula is C24H28O9. The maximum atomic E-state index is 12.8. The second kappa shape index (κ2) is 12.9. The van der Waals surface area contributed by atoms with E-state index in [2.05, 4.69) is 4.74 Å². The summed E-state index contributed by atoms with van der Waals surface area (Å²) in [6.45, 7) is 2.16. The Balaban J connectivity index is 1.91. The van der Waals surface area contributed by atoms with Crippen LogP contribution in [-0.4, -0.2) is 54.9 Å². The van der Waals surface area contributed by atoms with Gasteiger partial charge in [0.05, 0.1) is 38.1 Å². The largest absolute Gasteiger partial charge is 0.507 e. The number of ketones is 1. The first-order chi connectivity index (χ1) is 15.8. The molecule has 0 saturated heterocycles. The Bertz CT molecular complexity index is 968. The molecule has 9 nitrogen and oxygen atoms in total. The topological polar surface area (TPSA) is 129 Å². The minimum Gasteiger partial charge on any atom is -0.507 e. The van der Waals surface area contributed by atoms with Crippen LogP contribution in [0.2, 0.25) is 0 Å². The number of carbonyl (C=O) groups excluding carboxylic acids is 3. The number of phenols is 2. The van der Waals surface area contributed by atoms with E-state index in [9.17, 15) is 24.6 Å².